The van der Waals surface area contributed by atoms with E-state index >= 15 is 0 Å². The lowest BCUT2D eigenvalue weighted by atomic mass is 10.1. The summed E-state index contributed by atoms with van der Waals surface area (Å²) in [7, 11) is 0. The highest BCUT2D eigenvalue weighted by Crippen LogP contribution is 2.29. The van der Waals surface area contributed by atoms with Gasteiger partial charge in [0.25, 0.3) is 0 Å². The van der Waals surface area contributed by atoms with Gasteiger partial charge in [-0.1, -0.05) is 0 Å². The van der Waals surface area contributed by atoms with Crippen LogP contribution in [0.2, 0.25) is 0 Å². The Morgan fingerprint density at radius 3 is 2.64 bits per heavy atom. The van der Waals surface area contributed by atoms with Crippen molar-refractivity contribution in [1.29, 1.82) is 0 Å². The van der Waals surface area contributed by atoms with E-state index in [1.54, 1.807) is 0 Å². The maximum atomic E-state index is 10.6. The quantitative estimate of drug-likeness (QED) is 0.707. The lowest BCUT2D eigenvalue weighted by Gasteiger charge is -2.09. The summed E-state index contributed by atoms with van der Waals surface area (Å²) >= 11 is 0. The number of H-pyrrole nitrogens is 1. The van der Waals surface area contributed by atoms with Crippen molar-refractivity contribution in [3.8, 4) is 17.0 Å². The number of aromatic nitrogens is 2. The van der Waals surface area contributed by atoms with Gasteiger partial charge in [0.1, 0.15) is 5.75 Å². The van der Waals surface area contributed by atoms with Gasteiger partial charge in [0.15, 0.2) is 0 Å². The monoisotopic (exact) mass is 295 g/mol. The second-order valence-corrected chi connectivity index (χ2v) is 5.29. The fourth-order valence-corrected chi connectivity index (χ4v) is 2.36. The number of nitrogens with zero attached hydrogens (tertiary/aromatic N) is 1. The average molecular weight is 295 g/mol. The second kappa shape index (κ2) is 5.89. The molecule has 22 heavy (non-hydrogen) atoms. The Labute approximate surface area is 128 Å². The molecule has 0 unspecified atom stereocenters. The fraction of sp³-hybridized carbons (Fsp3) is 0.176. The van der Waals surface area contributed by atoms with Crippen LogP contribution in [-0.2, 0) is 4.79 Å². The van der Waals surface area contributed by atoms with Crippen molar-refractivity contribution in [3.63, 3.8) is 0 Å². The van der Waals surface area contributed by atoms with Crippen LogP contribution >= 0.6 is 0 Å². The molecule has 0 bridgehead atoms. The second-order valence-electron chi connectivity index (χ2n) is 5.29. The number of rotatable bonds is 5. The van der Waals surface area contributed by atoms with Gasteiger partial charge in [-0.25, -0.2) is 0 Å². The predicted molar refractivity (Wildman–Crippen MR) is 87.0 cm³/mol. The fourth-order valence-electron chi connectivity index (χ4n) is 2.36. The van der Waals surface area contributed by atoms with Crippen molar-refractivity contribution in [2.24, 2.45) is 0 Å². The first-order valence-electron chi connectivity index (χ1n) is 7.13. The van der Waals surface area contributed by atoms with Crippen molar-refractivity contribution >= 4 is 23.0 Å². The van der Waals surface area contributed by atoms with Crippen LogP contribution in [0.1, 0.15) is 13.8 Å². The van der Waals surface area contributed by atoms with Gasteiger partial charge < -0.3 is 10.1 Å². The summed E-state index contributed by atoms with van der Waals surface area (Å²) in [5.74, 6) is 0.835. The molecule has 112 valence electrons. The molecule has 3 aromatic rings. The van der Waals surface area contributed by atoms with E-state index < -0.39 is 0 Å². The van der Waals surface area contributed by atoms with Crippen LogP contribution in [0, 0.1) is 0 Å². The SMILES string of the molecule is CC(C)Oc1ccc(-c2n[nH]c3ccc(NC=O)cc23)cc1. The number of hydrogen-bond acceptors (Lipinski definition) is 3. The van der Waals surface area contributed by atoms with Gasteiger partial charge in [-0.2, -0.15) is 5.10 Å². The Hall–Kier alpha value is -2.82. The Bertz CT molecular complexity index is 791. The molecule has 1 heterocycles. The van der Waals surface area contributed by atoms with Crippen molar-refractivity contribution in [2.75, 3.05) is 5.32 Å². The molecule has 1 aromatic heterocycles. The number of carbonyl (C=O) groups is 1. The minimum Gasteiger partial charge on any atom is -0.491 e. The normalized spacial score (nSPS) is 10.9. The van der Waals surface area contributed by atoms with Gasteiger partial charge in [-0.05, 0) is 56.3 Å². The first kappa shape index (κ1) is 14.1. The number of nitrogens with one attached hydrogen (secondary N) is 2. The van der Waals surface area contributed by atoms with E-state index in [0.29, 0.717) is 6.41 Å². The van der Waals surface area contributed by atoms with E-state index in [4.69, 9.17) is 4.74 Å². The van der Waals surface area contributed by atoms with Crippen molar-refractivity contribution in [1.82, 2.24) is 10.2 Å². The smallest absolute Gasteiger partial charge is 0.211 e. The van der Waals surface area contributed by atoms with E-state index in [0.717, 1.165) is 33.6 Å². The number of fused-ring (bicyclic) bond motifs is 1. The lowest BCUT2D eigenvalue weighted by Crippen LogP contribution is -2.05. The van der Waals surface area contributed by atoms with Gasteiger partial charge >= 0.3 is 0 Å². The minimum absolute atomic E-state index is 0.147. The van der Waals surface area contributed by atoms with Crippen LogP contribution in [0.3, 0.4) is 0 Å². The van der Waals surface area contributed by atoms with Gasteiger partial charge in [0.05, 0.1) is 17.3 Å². The standard InChI is InChI=1S/C17H17N3O2/c1-11(2)22-14-6-3-12(4-7-14)17-15-9-13(18-10-21)5-8-16(15)19-20-17/h3-11H,1-2H3,(H,18,21)(H,19,20). The van der Waals surface area contributed by atoms with E-state index in [1.165, 1.54) is 0 Å². The molecule has 0 atom stereocenters. The molecule has 2 aromatic carbocycles. The third-order valence-electron chi connectivity index (χ3n) is 3.29. The highest BCUT2D eigenvalue weighted by Gasteiger charge is 2.09. The van der Waals surface area contributed by atoms with Crippen LogP contribution < -0.4 is 10.1 Å². The Balaban J connectivity index is 1.98. The molecule has 5 heteroatoms. The van der Waals surface area contributed by atoms with Gasteiger partial charge in [-0.15, -0.1) is 0 Å². The predicted octanol–water partition coefficient (Wildman–Crippen LogP) is 3.59. The maximum Gasteiger partial charge on any atom is 0.211 e. The highest BCUT2D eigenvalue weighted by atomic mass is 16.5. The van der Waals surface area contributed by atoms with Crippen LogP contribution in [-0.4, -0.2) is 22.7 Å². The first-order valence-corrected chi connectivity index (χ1v) is 7.13. The van der Waals surface area contributed by atoms with Crippen LogP contribution in [0.4, 0.5) is 5.69 Å². The summed E-state index contributed by atoms with van der Waals surface area (Å²) in [4.78, 5) is 10.6. The molecule has 0 radical (unpaired) electrons. The van der Waals surface area contributed by atoms with Crippen LogP contribution in [0.5, 0.6) is 5.75 Å². The molecular weight excluding hydrogens is 278 g/mol. The zero-order valence-electron chi connectivity index (χ0n) is 12.5. The summed E-state index contributed by atoms with van der Waals surface area (Å²) in [6, 6.07) is 13.5. The molecule has 0 aliphatic carbocycles. The zero-order valence-corrected chi connectivity index (χ0v) is 12.5. The number of aromatic amines is 1. The molecule has 0 fully saturated rings. The highest BCUT2D eigenvalue weighted by molar-refractivity contribution is 5.95. The topological polar surface area (TPSA) is 67.0 Å². The zero-order chi connectivity index (χ0) is 15.5. The maximum absolute atomic E-state index is 10.6. The number of carbonyl (C=O) groups excluding carboxylic acids is 1. The molecule has 0 saturated heterocycles. The summed E-state index contributed by atoms with van der Waals surface area (Å²) < 4.78 is 5.65. The summed E-state index contributed by atoms with van der Waals surface area (Å²) in [6.07, 6.45) is 0.813. The van der Waals surface area contributed by atoms with E-state index in [9.17, 15) is 4.79 Å². The number of amides is 1. The molecule has 2 N–H and O–H groups in total. The molecule has 0 aliphatic rings. The van der Waals surface area contributed by atoms with Crippen molar-refractivity contribution < 1.29 is 9.53 Å². The first-order chi connectivity index (χ1) is 10.7. The lowest BCUT2D eigenvalue weighted by molar-refractivity contribution is -0.105. The summed E-state index contributed by atoms with van der Waals surface area (Å²) in [5, 5.41) is 11.0. The molecule has 3 rings (SSSR count). The Kier molecular flexibility index (Phi) is 3.78. The Morgan fingerprint density at radius 2 is 1.95 bits per heavy atom. The third-order valence-corrected chi connectivity index (χ3v) is 3.29. The molecule has 0 saturated carbocycles. The van der Waals surface area contributed by atoms with E-state index in [-0.39, 0.29) is 6.10 Å². The Morgan fingerprint density at radius 1 is 1.18 bits per heavy atom. The number of hydrogen-bond donors (Lipinski definition) is 2. The number of anilines is 1. The molecule has 0 spiro atoms. The van der Waals surface area contributed by atoms with Crippen molar-refractivity contribution in [3.05, 3.63) is 42.5 Å². The number of benzene rings is 2. The summed E-state index contributed by atoms with van der Waals surface area (Å²) in [5.41, 5.74) is 3.50. The van der Waals surface area contributed by atoms with Crippen molar-refractivity contribution in [2.45, 2.75) is 20.0 Å². The molecule has 5 nitrogen and oxygen atoms in total. The molecule has 1 amide bonds. The molecular formula is C17H17N3O2. The summed E-state index contributed by atoms with van der Waals surface area (Å²) in [6.45, 7) is 3.99. The van der Waals surface area contributed by atoms with E-state index in [2.05, 4.69) is 15.5 Å². The van der Waals surface area contributed by atoms with Gasteiger partial charge in [0.2, 0.25) is 6.41 Å². The third kappa shape index (κ3) is 2.79. The van der Waals surface area contributed by atoms with Crippen LogP contribution in [0.15, 0.2) is 42.5 Å². The van der Waals surface area contributed by atoms with Gasteiger partial charge in [0, 0.05) is 16.6 Å². The minimum atomic E-state index is 0.147. The van der Waals surface area contributed by atoms with Crippen LogP contribution in [0.25, 0.3) is 22.2 Å². The number of ether oxygens (including phenoxy) is 1. The van der Waals surface area contributed by atoms with Gasteiger partial charge in [-0.3, -0.25) is 9.89 Å². The largest absolute Gasteiger partial charge is 0.491 e. The van der Waals surface area contributed by atoms with E-state index in [1.807, 2.05) is 56.3 Å². The average Bonchev–Trinajstić information content (AvgIpc) is 2.91. The molecule has 0 aliphatic heterocycles.